The summed E-state index contributed by atoms with van der Waals surface area (Å²) in [5.74, 6) is 0.260. The van der Waals surface area contributed by atoms with Crippen molar-refractivity contribution in [2.24, 2.45) is 5.73 Å². The molecule has 0 aliphatic carbocycles. The van der Waals surface area contributed by atoms with E-state index in [-0.39, 0.29) is 11.8 Å². The quantitative estimate of drug-likeness (QED) is 0.544. The van der Waals surface area contributed by atoms with E-state index in [9.17, 15) is 10.2 Å². The van der Waals surface area contributed by atoms with Crippen LogP contribution in [0.4, 0.5) is 0 Å². The number of aliphatic hydroxyl groups is 1. The first-order valence-electron chi connectivity index (χ1n) is 8.35. The fourth-order valence-corrected chi connectivity index (χ4v) is 2.56. The third-order valence-electron chi connectivity index (χ3n) is 4.01. The lowest BCUT2D eigenvalue weighted by Gasteiger charge is -2.19. The number of hydrogen-bond acceptors (Lipinski definition) is 3. The van der Waals surface area contributed by atoms with Gasteiger partial charge in [-0.2, -0.15) is 0 Å². The number of phenolic OH excluding ortho intramolecular Hbond substituents is 1. The molecule has 4 N–H and O–H groups in total. The Bertz CT molecular complexity index is 364. The highest BCUT2D eigenvalue weighted by Crippen LogP contribution is 2.14. The Morgan fingerprint density at radius 2 is 1.52 bits per heavy atom. The number of nitrogens with two attached hydrogens (primary N) is 1. The van der Waals surface area contributed by atoms with Crippen molar-refractivity contribution in [3.05, 3.63) is 29.8 Å². The van der Waals surface area contributed by atoms with E-state index in [1.807, 2.05) is 12.1 Å². The van der Waals surface area contributed by atoms with Crippen molar-refractivity contribution in [3.8, 4) is 5.75 Å². The van der Waals surface area contributed by atoms with Crippen LogP contribution in [-0.4, -0.2) is 22.4 Å². The highest BCUT2D eigenvalue weighted by atomic mass is 16.3. The van der Waals surface area contributed by atoms with Crippen LogP contribution in [0, 0.1) is 0 Å². The second-order valence-electron chi connectivity index (χ2n) is 6.01. The third-order valence-corrected chi connectivity index (χ3v) is 4.01. The van der Waals surface area contributed by atoms with Gasteiger partial charge in [0.25, 0.3) is 0 Å². The van der Waals surface area contributed by atoms with Crippen LogP contribution >= 0.6 is 0 Å². The lowest BCUT2D eigenvalue weighted by atomic mass is 9.97. The molecule has 0 aliphatic heterocycles. The number of benzene rings is 1. The zero-order chi connectivity index (χ0) is 15.5. The van der Waals surface area contributed by atoms with Crippen LogP contribution in [-0.2, 0) is 6.42 Å². The van der Waals surface area contributed by atoms with E-state index >= 15 is 0 Å². The molecule has 120 valence electrons. The molecule has 0 fully saturated rings. The molecule has 21 heavy (non-hydrogen) atoms. The first-order chi connectivity index (χ1) is 10.1. The maximum absolute atomic E-state index is 10.1. The van der Waals surface area contributed by atoms with Crippen molar-refractivity contribution in [1.82, 2.24) is 0 Å². The summed E-state index contributed by atoms with van der Waals surface area (Å²) < 4.78 is 0. The molecule has 1 rings (SSSR count). The molecule has 3 heteroatoms. The van der Waals surface area contributed by atoms with Crippen LogP contribution in [0.15, 0.2) is 24.3 Å². The van der Waals surface area contributed by atoms with Gasteiger partial charge in [-0.3, -0.25) is 0 Å². The fraction of sp³-hybridized carbons (Fsp3) is 0.667. The summed E-state index contributed by atoms with van der Waals surface area (Å²) in [6.45, 7) is 2.23. The van der Waals surface area contributed by atoms with Crippen LogP contribution in [0.25, 0.3) is 0 Å². The molecule has 2 atom stereocenters. The normalized spacial score (nSPS) is 14.0. The fourth-order valence-electron chi connectivity index (χ4n) is 2.56. The summed E-state index contributed by atoms with van der Waals surface area (Å²) in [5.41, 5.74) is 7.11. The summed E-state index contributed by atoms with van der Waals surface area (Å²) in [5, 5.41) is 19.3. The summed E-state index contributed by atoms with van der Waals surface area (Å²) in [6, 6.07) is 6.80. The molecular weight excluding hydrogens is 262 g/mol. The number of aromatic hydroxyl groups is 1. The maximum Gasteiger partial charge on any atom is 0.115 e. The number of unbranched alkanes of at least 4 members (excludes halogenated alkanes) is 6. The Hall–Kier alpha value is -1.06. The van der Waals surface area contributed by atoms with E-state index in [2.05, 4.69) is 6.92 Å². The van der Waals surface area contributed by atoms with E-state index in [1.54, 1.807) is 12.1 Å². The SMILES string of the molecule is CCCCCCCCC[C@@H](O)[C@@H](N)Cc1ccc(O)cc1. The largest absolute Gasteiger partial charge is 0.508 e. The van der Waals surface area contributed by atoms with Gasteiger partial charge in [0.2, 0.25) is 0 Å². The molecule has 0 aromatic heterocycles. The highest BCUT2D eigenvalue weighted by molar-refractivity contribution is 5.26. The molecule has 0 amide bonds. The zero-order valence-corrected chi connectivity index (χ0v) is 13.3. The summed E-state index contributed by atoms with van der Waals surface area (Å²) in [4.78, 5) is 0. The molecule has 1 aromatic rings. The average molecular weight is 293 g/mol. The molecule has 0 saturated heterocycles. The van der Waals surface area contributed by atoms with E-state index in [0.717, 1.165) is 18.4 Å². The van der Waals surface area contributed by atoms with Crippen LogP contribution in [0.2, 0.25) is 0 Å². The Kier molecular flexibility index (Phi) is 9.11. The number of rotatable bonds is 11. The van der Waals surface area contributed by atoms with Gasteiger partial charge in [0, 0.05) is 6.04 Å². The summed E-state index contributed by atoms with van der Waals surface area (Å²) >= 11 is 0. The Balaban J connectivity index is 2.13. The molecule has 0 aliphatic rings. The van der Waals surface area contributed by atoms with Gasteiger partial charge in [-0.15, -0.1) is 0 Å². The van der Waals surface area contributed by atoms with Crippen LogP contribution in [0.5, 0.6) is 5.75 Å². The lowest BCUT2D eigenvalue weighted by molar-refractivity contribution is 0.131. The second-order valence-corrected chi connectivity index (χ2v) is 6.01. The minimum absolute atomic E-state index is 0.227. The van der Waals surface area contributed by atoms with Gasteiger partial charge in [0.1, 0.15) is 5.75 Å². The molecule has 0 saturated carbocycles. The Labute approximate surface area is 129 Å². The van der Waals surface area contributed by atoms with E-state index in [4.69, 9.17) is 5.73 Å². The van der Waals surface area contributed by atoms with Crippen molar-refractivity contribution in [1.29, 1.82) is 0 Å². The Morgan fingerprint density at radius 3 is 2.14 bits per heavy atom. The van der Waals surface area contributed by atoms with E-state index in [0.29, 0.717) is 6.42 Å². The zero-order valence-electron chi connectivity index (χ0n) is 13.3. The highest BCUT2D eigenvalue weighted by Gasteiger charge is 2.14. The van der Waals surface area contributed by atoms with Gasteiger partial charge in [-0.05, 0) is 30.5 Å². The summed E-state index contributed by atoms with van der Waals surface area (Å²) in [7, 11) is 0. The molecule has 0 unspecified atom stereocenters. The van der Waals surface area contributed by atoms with Crippen LogP contribution in [0.1, 0.15) is 63.9 Å². The minimum atomic E-state index is -0.436. The number of aliphatic hydroxyl groups excluding tert-OH is 1. The lowest BCUT2D eigenvalue weighted by Crippen LogP contribution is -2.36. The average Bonchev–Trinajstić information content (AvgIpc) is 2.48. The predicted molar refractivity (Wildman–Crippen MR) is 88.4 cm³/mol. The second kappa shape index (κ2) is 10.6. The molecule has 1 aromatic carbocycles. The predicted octanol–water partition coefficient (Wildman–Crippen LogP) is 3.76. The number of phenols is 1. The first-order valence-corrected chi connectivity index (χ1v) is 8.35. The molecule has 0 radical (unpaired) electrons. The van der Waals surface area contributed by atoms with Gasteiger partial charge >= 0.3 is 0 Å². The van der Waals surface area contributed by atoms with Crippen molar-refractivity contribution < 1.29 is 10.2 Å². The van der Waals surface area contributed by atoms with Gasteiger partial charge in [0.05, 0.1) is 6.10 Å². The monoisotopic (exact) mass is 293 g/mol. The molecule has 0 heterocycles. The van der Waals surface area contributed by atoms with Crippen LogP contribution in [0.3, 0.4) is 0 Å². The maximum atomic E-state index is 10.1. The van der Waals surface area contributed by atoms with Crippen molar-refractivity contribution >= 4 is 0 Å². The molecule has 0 bridgehead atoms. The van der Waals surface area contributed by atoms with Gasteiger partial charge in [-0.25, -0.2) is 0 Å². The van der Waals surface area contributed by atoms with Gasteiger partial charge < -0.3 is 15.9 Å². The smallest absolute Gasteiger partial charge is 0.115 e. The van der Waals surface area contributed by atoms with Gasteiger partial charge in [-0.1, -0.05) is 64.0 Å². The van der Waals surface area contributed by atoms with E-state index in [1.165, 1.54) is 38.5 Å². The third kappa shape index (κ3) is 8.08. The summed E-state index contributed by atoms with van der Waals surface area (Å²) in [6.07, 6.45) is 9.76. The first kappa shape index (κ1) is 18.0. The van der Waals surface area contributed by atoms with Crippen molar-refractivity contribution in [3.63, 3.8) is 0 Å². The molecule has 0 spiro atoms. The standard InChI is InChI=1S/C18H31NO2/c1-2-3-4-5-6-7-8-9-18(21)17(19)14-15-10-12-16(20)13-11-15/h10-13,17-18,20-21H,2-9,14,19H2,1H3/t17-,18+/m0/s1. The molecule has 3 nitrogen and oxygen atoms in total. The van der Waals surface area contributed by atoms with Gasteiger partial charge in [0.15, 0.2) is 0 Å². The number of hydrogen-bond donors (Lipinski definition) is 3. The topological polar surface area (TPSA) is 66.5 Å². The Morgan fingerprint density at radius 1 is 0.952 bits per heavy atom. The van der Waals surface area contributed by atoms with Crippen molar-refractivity contribution in [2.75, 3.05) is 0 Å². The molecular formula is C18H31NO2. The van der Waals surface area contributed by atoms with Crippen molar-refractivity contribution in [2.45, 2.75) is 76.9 Å². The van der Waals surface area contributed by atoms with Crippen LogP contribution < -0.4 is 5.73 Å². The van der Waals surface area contributed by atoms with E-state index < -0.39 is 6.10 Å². The minimum Gasteiger partial charge on any atom is -0.508 e.